The fourth-order valence-electron chi connectivity index (χ4n) is 2.67. The maximum atomic E-state index is 13.2. The Morgan fingerprint density at radius 1 is 1.30 bits per heavy atom. The Morgan fingerprint density at radius 2 is 2.04 bits per heavy atom. The molecule has 2 heterocycles. The van der Waals surface area contributed by atoms with Crippen LogP contribution < -0.4 is 16.0 Å². The second-order valence-corrected chi connectivity index (χ2v) is 6.29. The van der Waals surface area contributed by atoms with E-state index in [1.165, 1.54) is 18.5 Å². The van der Waals surface area contributed by atoms with E-state index in [2.05, 4.69) is 27.1 Å². The minimum absolute atomic E-state index is 0.0490. The van der Waals surface area contributed by atoms with E-state index in [1.807, 2.05) is 0 Å². The van der Waals surface area contributed by atoms with Gasteiger partial charge in [-0.15, -0.1) is 0 Å². The van der Waals surface area contributed by atoms with Crippen LogP contribution in [0.4, 0.5) is 27.4 Å². The third-order valence-corrected chi connectivity index (χ3v) is 4.42. The summed E-state index contributed by atoms with van der Waals surface area (Å²) in [6, 6.07) is 4.39. The van der Waals surface area contributed by atoms with E-state index < -0.39 is 5.82 Å². The van der Waals surface area contributed by atoms with Gasteiger partial charge in [-0.1, -0.05) is 18.5 Å². The SMILES string of the molecule is CC1CCN(c2ncnc(Nc3ccc(F)c(Cl)c3)c2N)CC1. The largest absolute Gasteiger partial charge is 0.393 e. The molecule has 0 aliphatic carbocycles. The second kappa shape index (κ2) is 6.58. The molecule has 1 fully saturated rings. The van der Waals surface area contributed by atoms with E-state index >= 15 is 0 Å². The molecule has 1 aromatic carbocycles. The summed E-state index contributed by atoms with van der Waals surface area (Å²) >= 11 is 5.80. The highest BCUT2D eigenvalue weighted by Crippen LogP contribution is 2.31. The van der Waals surface area contributed by atoms with Gasteiger partial charge < -0.3 is 16.0 Å². The summed E-state index contributed by atoms with van der Waals surface area (Å²) in [5, 5.41) is 3.12. The molecule has 7 heteroatoms. The first-order valence-electron chi connectivity index (χ1n) is 7.62. The second-order valence-electron chi connectivity index (χ2n) is 5.88. The Kier molecular flexibility index (Phi) is 4.52. The average Bonchev–Trinajstić information content (AvgIpc) is 2.54. The predicted octanol–water partition coefficient (Wildman–Crippen LogP) is 3.83. The van der Waals surface area contributed by atoms with E-state index in [0.717, 1.165) is 37.7 Å². The van der Waals surface area contributed by atoms with Crippen molar-refractivity contribution in [3.8, 4) is 0 Å². The number of anilines is 4. The number of hydrogen-bond acceptors (Lipinski definition) is 5. The lowest BCUT2D eigenvalue weighted by molar-refractivity contribution is 0.437. The van der Waals surface area contributed by atoms with Crippen molar-refractivity contribution in [2.24, 2.45) is 5.92 Å². The van der Waals surface area contributed by atoms with E-state index in [0.29, 0.717) is 17.2 Å². The molecule has 23 heavy (non-hydrogen) atoms. The predicted molar refractivity (Wildman–Crippen MR) is 91.7 cm³/mol. The van der Waals surface area contributed by atoms with Crippen LogP contribution in [-0.2, 0) is 0 Å². The minimum atomic E-state index is -0.462. The number of rotatable bonds is 3. The van der Waals surface area contributed by atoms with Gasteiger partial charge in [0, 0.05) is 18.8 Å². The van der Waals surface area contributed by atoms with E-state index in [9.17, 15) is 4.39 Å². The summed E-state index contributed by atoms with van der Waals surface area (Å²) in [5.41, 5.74) is 7.34. The van der Waals surface area contributed by atoms with Crippen molar-refractivity contribution in [2.45, 2.75) is 19.8 Å². The molecular weight excluding hydrogens is 317 g/mol. The van der Waals surface area contributed by atoms with Gasteiger partial charge in [0.25, 0.3) is 0 Å². The van der Waals surface area contributed by atoms with Gasteiger partial charge in [0.15, 0.2) is 11.6 Å². The molecule has 0 atom stereocenters. The number of benzene rings is 1. The molecule has 1 saturated heterocycles. The summed E-state index contributed by atoms with van der Waals surface area (Å²) in [6.07, 6.45) is 3.73. The van der Waals surface area contributed by atoms with Crippen molar-refractivity contribution in [3.63, 3.8) is 0 Å². The zero-order valence-corrected chi connectivity index (χ0v) is 13.6. The van der Waals surface area contributed by atoms with Crippen molar-refractivity contribution in [3.05, 3.63) is 35.4 Å². The highest BCUT2D eigenvalue weighted by Gasteiger charge is 2.20. The molecule has 0 spiro atoms. The molecule has 0 bridgehead atoms. The van der Waals surface area contributed by atoms with Gasteiger partial charge in [0.05, 0.1) is 5.02 Å². The first kappa shape index (κ1) is 15.8. The van der Waals surface area contributed by atoms with Crippen LogP contribution in [0.1, 0.15) is 19.8 Å². The Labute approximate surface area is 139 Å². The smallest absolute Gasteiger partial charge is 0.159 e. The highest BCUT2D eigenvalue weighted by atomic mass is 35.5. The van der Waals surface area contributed by atoms with Gasteiger partial charge in [0.2, 0.25) is 0 Å². The Hall–Kier alpha value is -2.08. The number of nitrogens with two attached hydrogens (primary N) is 1. The molecule has 122 valence electrons. The summed E-state index contributed by atoms with van der Waals surface area (Å²) < 4.78 is 13.2. The van der Waals surface area contributed by atoms with Crippen LogP contribution in [0, 0.1) is 11.7 Å². The summed E-state index contributed by atoms with van der Waals surface area (Å²) in [5.74, 6) is 1.50. The van der Waals surface area contributed by atoms with Crippen molar-refractivity contribution < 1.29 is 4.39 Å². The van der Waals surface area contributed by atoms with Crippen LogP contribution in [0.15, 0.2) is 24.5 Å². The molecule has 1 aromatic heterocycles. The van der Waals surface area contributed by atoms with E-state index in [-0.39, 0.29) is 5.02 Å². The third-order valence-electron chi connectivity index (χ3n) is 4.13. The van der Waals surface area contributed by atoms with Gasteiger partial charge in [-0.25, -0.2) is 14.4 Å². The topological polar surface area (TPSA) is 67.1 Å². The van der Waals surface area contributed by atoms with Crippen LogP contribution in [0.5, 0.6) is 0 Å². The molecule has 1 aliphatic rings. The maximum absolute atomic E-state index is 13.2. The number of piperidine rings is 1. The Balaban J connectivity index is 1.83. The molecule has 0 saturated carbocycles. The molecule has 3 N–H and O–H groups in total. The molecule has 0 amide bonds. The number of nitrogens with zero attached hydrogens (tertiary/aromatic N) is 3. The Morgan fingerprint density at radius 3 is 2.74 bits per heavy atom. The fraction of sp³-hybridized carbons (Fsp3) is 0.375. The maximum Gasteiger partial charge on any atom is 0.159 e. The van der Waals surface area contributed by atoms with Gasteiger partial charge >= 0.3 is 0 Å². The van der Waals surface area contributed by atoms with Gasteiger partial charge in [-0.2, -0.15) is 0 Å². The van der Waals surface area contributed by atoms with Gasteiger partial charge in [-0.3, -0.25) is 0 Å². The zero-order valence-electron chi connectivity index (χ0n) is 12.9. The molecule has 5 nitrogen and oxygen atoms in total. The van der Waals surface area contributed by atoms with E-state index in [4.69, 9.17) is 17.3 Å². The summed E-state index contributed by atoms with van der Waals surface area (Å²) in [7, 11) is 0. The molecular formula is C16H19ClFN5. The third kappa shape index (κ3) is 3.47. The van der Waals surface area contributed by atoms with Gasteiger partial charge in [-0.05, 0) is 37.0 Å². The van der Waals surface area contributed by atoms with Crippen LogP contribution in [0.2, 0.25) is 5.02 Å². The van der Waals surface area contributed by atoms with Crippen molar-refractivity contribution >= 4 is 34.6 Å². The lowest BCUT2D eigenvalue weighted by Gasteiger charge is -2.32. The number of aromatic nitrogens is 2. The monoisotopic (exact) mass is 335 g/mol. The lowest BCUT2D eigenvalue weighted by Crippen LogP contribution is -2.34. The number of nitrogens with one attached hydrogen (secondary N) is 1. The highest BCUT2D eigenvalue weighted by molar-refractivity contribution is 6.31. The van der Waals surface area contributed by atoms with Crippen molar-refractivity contribution in [1.29, 1.82) is 0 Å². The summed E-state index contributed by atoms with van der Waals surface area (Å²) in [4.78, 5) is 10.7. The zero-order chi connectivity index (χ0) is 16.4. The molecule has 0 radical (unpaired) electrons. The number of halogens is 2. The quantitative estimate of drug-likeness (QED) is 0.892. The van der Waals surface area contributed by atoms with Crippen LogP contribution in [0.3, 0.4) is 0 Å². The van der Waals surface area contributed by atoms with Crippen molar-refractivity contribution in [2.75, 3.05) is 29.0 Å². The fourth-order valence-corrected chi connectivity index (χ4v) is 2.85. The minimum Gasteiger partial charge on any atom is -0.393 e. The molecule has 1 aliphatic heterocycles. The number of hydrogen-bond donors (Lipinski definition) is 2. The average molecular weight is 336 g/mol. The standard InChI is InChI=1S/C16H19ClFN5/c1-10-4-6-23(7-5-10)16-14(19)15(20-9-21-16)22-11-2-3-13(18)12(17)8-11/h2-3,8-10H,4-7,19H2,1H3,(H,20,21,22). The summed E-state index contributed by atoms with van der Waals surface area (Å²) in [6.45, 7) is 4.13. The first-order chi connectivity index (χ1) is 11.0. The van der Waals surface area contributed by atoms with Crippen LogP contribution in [-0.4, -0.2) is 23.1 Å². The normalized spacial score (nSPS) is 15.7. The van der Waals surface area contributed by atoms with Crippen LogP contribution >= 0.6 is 11.6 Å². The van der Waals surface area contributed by atoms with Crippen LogP contribution in [0.25, 0.3) is 0 Å². The molecule has 2 aromatic rings. The first-order valence-corrected chi connectivity index (χ1v) is 8.00. The molecule has 3 rings (SSSR count). The lowest BCUT2D eigenvalue weighted by atomic mass is 9.99. The van der Waals surface area contributed by atoms with E-state index in [1.54, 1.807) is 6.07 Å². The molecule has 0 unspecified atom stereocenters. The van der Waals surface area contributed by atoms with Crippen molar-refractivity contribution in [1.82, 2.24) is 9.97 Å². The van der Waals surface area contributed by atoms with Gasteiger partial charge in [0.1, 0.15) is 17.8 Å². The number of nitrogen functional groups attached to an aromatic ring is 1. The Bertz CT molecular complexity index is 701.